The van der Waals surface area contributed by atoms with Gasteiger partial charge in [-0.05, 0) is 6.07 Å². The molecular formula is C16H11N5O4. The minimum absolute atomic E-state index is 0.0384. The average molecular weight is 337 g/mol. The van der Waals surface area contributed by atoms with Gasteiger partial charge in [-0.1, -0.05) is 30.3 Å². The summed E-state index contributed by atoms with van der Waals surface area (Å²) >= 11 is 0. The van der Waals surface area contributed by atoms with Crippen LogP contribution in [-0.4, -0.2) is 32.8 Å². The highest BCUT2D eigenvalue weighted by atomic mass is 16.7. The Morgan fingerprint density at radius 3 is 2.72 bits per heavy atom. The van der Waals surface area contributed by atoms with Gasteiger partial charge < -0.3 is 9.47 Å². The smallest absolute Gasteiger partial charge is 0.282 e. The van der Waals surface area contributed by atoms with Gasteiger partial charge in [-0.25, -0.2) is 0 Å². The third-order valence-electron chi connectivity index (χ3n) is 3.60. The highest BCUT2D eigenvalue weighted by molar-refractivity contribution is 5.87. The zero-order chi connectivity index (χ0) is 17.2. The Balaban J connectivity index is 1.72. The number of nitro benzene ring substituents is 1. The van der Waals surface area contributed by atoms with Crippen LogP contribution in [-0.2, 0) is 0 Å². The van der Waals surface area contributed by atoms with E-state index in [1.54, 1.807) is 0 Å². The SMILES string of the molecule is O=[N+]([O-])c1cc2c(cc1/C=N\n1cnnc1-c1ccccc1)OCO2. The molecule has 4 rings (SSSR count). The van der Waals surface area contributed by atoms with Crippen molar-refractivity contribution in [2.75, 3.05) is 6.79 Å². The molecule has 0 aliphatic carbocycles. The molecule has 124 valence electrons. The van der Waals surface area contributed by atoms with Crippen LogP contribution >= 0.6 is 0 Å². The summed E-state index contributed by atoms with van der Waals surface area (Å²) in [5.41, 5.74) is 1.00. The molecule has 0 radical (unpaired) electrons. The highest BCUT2D eigenvalue weighted by Crippen LogP contribution is 2.37. The first kappa shape index (κ1) is 14.8. The van der Waals surface area contributed by atoms with Crippen molar-refractivity contribution in [2.45, 2.75) is 0 Å². The molecule has 9 heteroatoms. The largest absolute Gasteiger partial charge is 0.454 e. The number of rotatable bonds is 4. The van der Waals surface area contributed by atoms with Gasteiger partial charge in [0.15, 0.2) is 17.3 Å². The summed E-state index contributed by atoms with van der Waals surface area (Å²) in [6.07, 6.45) is 2.80. The molecule has 25 heavy (non-hydrogen) atoms. The quantitative estimate of drug-likeness (QED) is 0.411. The Kier molecular flexibility index (Phi) is 3.58. The molecule has 0 spiro atoms. The van der Waals surface area contributed by atoms with Gasteiger partial charge in [-0.2, -0.15) is 9.78 Å². The molecule has 2 aromatic carbocycles. The van der Waals surface area contributed by atoms with Crippen LogP contribution in [0.2, 0.25) is 0 Å². The first-order valence-electron chi connectivity index (χ1n) is 7.30. The molecule has 0 N–H and O–H groups in total. The average Bonchev–Trinajstić information content (AvgIpc) is 3.28. The highest BCUT2D eigenvalue weighted by Gasteiger charge is 2.22. The molecule has 0 bridgehead atoms. The molecule has 0 fully saturated rings. The summed E-state index contributed by atoms with van der Waals surface area (Å²) < 4.78 is 11.9. The molecule has 0 saturated heterocycles. The van der Waals surface area contributed by atoms with E-state index >= 15 is 0 Å². The number of fused-ring (bicyclic) bond motifs is 1. The second kappa shape index (κ2) is 6.04. The Morgan fingerprint density at radius 2 is 1.96 bits per heavy atom. The summed E-state index contributed by atoms with van der Waals surface area (Å²) in [4.78, 5) is 10.8. The van der Waals surface area contributed by atoms with Crippen molar-refractivity contribution >= 4 is 11.9 Å². The number of hydrogen-bond donors (Lipinski definition) is 0. The number of ether oxygens (including phenoxy) is 2. The number of nitrogens with zero attached hydrogens (tertiary/aromatic N) is 5. The normalized spacial score (nSPS) is 12.6. The van der Waals surface area contributed by atoms with Crippen LogP contribution < -0.4 is 9.47 Å². The minimum Gasteiger partial charge on any atom is -0.454 e. The molecule has 0 atom stereocenters. The van der Waals surface area contributed by atoms with Crippen LogP contribution in [0.25, 0.3) is 11.4 Å². The van der Waals surface area contributed by atoms with Gasteiger partial charge in [0.25, 0.3) is 5.69 Å². The van der Waals surface area contributed by atoms with Crippen LogP contribution in [0.3, 0.4) is 0 Å². The number of nitro groups is 1. The monoisotopic (exact) mass is 337 g/mol. The summed E-state index contributed by atoms with van der Waals surface area (Å²) in [6, 6.07) is 12.2. The summed E-state index contributed by atoms with van der Waals surface area (Å²) in [6.45, 7) is 0.0384. The van der Waals surface area contributed by atoms with Crippen LogP contribution in [0, 0.1) is 10.1 Å². The lowest BCUT2D eigenvalue weighted by Crippen LogP contribution is -1.97. The molecule has 9 nitrogen and oxygen atoms in total. The van der Waals surface area contributed by atoms with Gasteiger partial charge in [-0.3, -0.25) is 10.1 Å². The number of benzene rings is 2. The van der Waals surface area contributed by atoms with Gasteiger partial charge >= 0.3 is 0 Å². The fourth-order valence-electron chi connectivity index (χ4n) is 2.42. The Labute approximate surface area is 141 Å². The molecule has 1 aliphatic heterocycles. The van der Waals surface area contributed by atoms with E-state index in [-0.39, 0.29) is 12.5 Å². The van der Waals surface area contributed by atoms with Crippen molar-refractivity contribution in [1.29, 1.82) is 0 Å². The first-order valence-corrected chi connectivity index (χ1v) is 7.30. The van der Waals surface area contributed by atoms with Crippen LogP contribution in [0.4, 0.5) is 5.69 Å². The first-order chi connectivity index (χ1) is 12.2. The zero-order valence-electron chi connectivity index (χ0n) is 12.8. The summed E-state index contributed by atoms with van der Waals surface area (Å²) in [5.74, 6) is 1.32. The van der Waals surface area contributed by atoms with Crippen LogP contribution in [0.15, 0.2) is 53.9 Å². The van der Waals surface area contributed by atoms with Gasteiger partial charge in [0.1, 0.15) is 6.33 Å². The third kappa shape index (κ3) is 2.78. The van der Waals surface area contributed by atoms with Crippen LogP contribution in [0.1, 0.15) is 5.56 Å². The lowest BCUT2D eigenvalue weighted by Gasteiger charge is -2.02. The number of hydrogen-bond acceptors (Lipinski definition) is 7. The summed E-state index contributed by atoms with van der Waals surface area (Å²) in [5, 5.41) is 23.4. The van der Waals surface area contributed by atoms with Crippen molar-refractivity contribution in [2.24, 2.45) is 5.10 Å². The number of aromatic nitrogens is 3. The van der Waals surface area contributed by atoms with E-state index < -0.39 is 4.92 Å². The standard InChI is InChI=1S/C16H11N5O4/c22-21(23)13-7-15-14(24-10-25-15)6-12(13)8-18-20-9-17-19-16(20)11-4-2-1-3-5-11/h1-9H,10H2/b18-8-. The molecule has 2 heterocycles. The topological polar surface area (TPSA) is 105 Å². The van der Waals surface area contributed by atoms with Crippen LogP contribution in [0.5, 0.6) is 11.5 Å². The van der Waals surface area contributed by atoms with E-state index in [0.717, 1.165) is 5.56 Å². The zero-order valence-corrected chi connectivity index (χ0v) is 12.8. The molecule has 1 aliphatic rings. The Morgan fingerprint density at radius 1 is 1.20 bits per heavy atom. The van der Waals surface area contributed by atoms with E-state index in [9.17, 15) is 10.1 Å². The van der Waals surface area contributed by atoms with Crippen molar-refractivity contribution in [3.05, 3.63) is 64.5 Å². The van der Waals surface area contributed by atoms with Gasteiger partial charge in [0.05, 0.1) is 22.8 Å². The maximum atomic E-state index is 11.3. The van der Waals surface area contributed by atoms with E-state index in [0.29, 0.717) is 22.9 Å². The van der Waals surface area contributed by atoms with Gasteiger partial charge in [0, 0.05) is 5.56 Å². The maximum Gasteiger partial charge on any atom is 0.282 e. The van der Waals surface area contributed by atoms with Crippen molar-refractivity contribution in [3.63, 3.8) is 0 Å². The van der Waals surface area contributed by atoms with E-state index in [2.05, 4.69) is 15.3 Å². The molecule has 3 aromatic rings. The second-order valence-corrected chi connectivity index (χ2v) is 5.13. The fraction of sp³-hybridized carbons (Fsp3) is 0.0625. The Bertz CT molecular complexity index is 968. The fourth-order valence-corrected chi connectivity index (χ4v) is 2.42. The van der Waals surface area contributed by atoms with Gasteiger partial charge in [-0.15, -0.1) is 10.2 Å². The predicted octanol–water partition coefficient (Wildman–Crippen LogP) is 2.46. The lowest BCUT2D eigenvalue weighted by molar-refractivity contribution is -0.385. The van der Waals surface area contributed by atoms with Crippen molar-refractivity contribution < 1.29 is 14.4 Å². The van der Waals surface area contributed by atoms with E-state index in [1.165, 1.54) is 29.4 Å². The summed E-state index contributed by atoms with van der Waals surface area (Å²) in [7, 11) is 0. The molecular weight excluding hydrogens is 326 g/mol. The molecule has 0 saturated carbocycles. The van der Waals surface area contributed by atoms with Gasteiger partial charge in [0.2, 0.25) is 6.79 Å². The van der Waals surface area contributed by atoms with Crippen molar-refractivity contribution in [1.82, 2.24) is 14.9 Å². The lowest BCUT2D eigenvalue weighted by atomic mass is 10.1. The predicted molar refractivity (Wildman–Crippen MR) is 87.7 cm³/mol. The third-order valence-corrected chi connectivity index (χ3v) is 3.60. The van der Waals surface area contributed by atoms with E-state index in [4.69, 9.17) is 9.47 Å². The molecule has 1 aromatic heterocycles. The minimum atomic E-state index is -0.492. The van der Waals surface area contributed by atoms with E-state index in [1.807, 2.05) is 30.3 Å². The Hall–Kier alpha value is -3.75. The molecule has 0 amide bonds. The second-order valence-electron chi connectivity index (χ2n) is 5.13. The molecule has 0 unspecified atom stereocenters. The van der Waals surface area contributed by atoms with Crippen molar-refractivity contribution in [3.8, 4) is 22.9 Å². The maximum absolute atomic E-state index is 11.3.